The van der Waals surface area contributed by atoms with Gasteiger partial charge in [0.15, 0.2) is 5.78 Å². The van der Waals surface area contributed by atoms with Crippen LogP contribution in [0.2, 0.25) is 0 Å². The van der Waals surface area contributed by atoms with Crippen LogP contribution in [-0.2, 0) is 27.0 Å². The molecule has 3 aromatic carbocycles. The lowest BCUT2D eigenvalue weighted by Gasteiger charge is -2.30. The van der Waals surface area contributed by atoms with Gasteiger partial charge in [0, 0.05) is 29.8 Å². The molecule has 0 aliphatic carbocycles. The molecular formula is C31H26F6N4O3. The van der Waals surface area contributed by atoms with Crippen LogP contribution in [0.3, 0.4) is 0 Å². The van der Waals surface area contributed by atoms with Crippen LogP contribution in [0.4, 0.5) is 37.7 Å². The maximum atomic E-state index is 13.7. The minimum Gasteiger partial charge on any atom is -0.369 e. The molecule has 0 bridgehead atoms. The minimum absolute atomic E-state index is 0.00182. The molecule has 7 nitrogen and oxygen atoms in total. The molecule has 1 aliphatic rings. The van der Waals surface area contributed by atoms with Crippen molar-refractivity contribution in [1.82, 2.24) is 5.32 Å². The second kappa shape index (κ2) is 12.8. The standard InChI is InChI=1S/C31H26F6N4O3/c32-30(33,34)13-12-22(27(28(39)43)18-6-2-1-3-7-18)29(44)40-24-17-41(21-10-5-9-20(14-21)31(35,36)37)25-11-4-8-19(16-38)23(25)15-26(24)42/h1-11,14,22,24,27H,12-13,15,17H2,(H2,39,43)(H,40,44)/t22-,24+,27+/m1/s1. The first-order chi connectivity index (χ1) is 20.7. The normalized spacial score (nSPS) is 16.7. The topological polar surface area (TPSA) is 116 Å². The number of fused-ring (bicyclic) bond motifs is 1. The van der Waals surface area contributed by atoms with Crippen LogP contribution in [0.15, 0.2) is 72.8 Å². The van der Waals surface area contributed by atoms with Crippen molar-refractivity contribution in [1.29, 1.82) is 5.26 Å². The zero-order valence-corrected chi connectivity index (χ0v) is 23.0. The molecule has 0 saturated carbocycles. The van der Waals surface area contributed by atoms with E-state index in [1.807, 2.05) is 6.07 Å². The zero-order chi connectivity index (χ0) is 32.2. The summed E-state index contributed by atoms with van der Waals surface area (Å²) in [5.41, 5.74) is 5.33. The van der Waals surface area contributed by atoms with E-state index >= 15 is 0 Å². The number of ketones is 1. The number of nitrogens with zero attached hydrogens (tertiary/aromatic N) is 2. The highest BCUT2D eigenvalue weighted by Gasteiger charge is 2.40. The molecule has 0 radical (unpaired) electrons. The number of nitrogens with one attached hydrogen (secondary N) is 1. The Morgan fingerprint density at radius 1 is 1.00 bits per heavy atom. The number of anilines is 2. The summed E-state index contributed by atoms with van der Waals surface area (Å²) in [6, 6.07) is 16.7. The second-order valence-electron chi connectivity index (χ2n) is 10.3. The number of alkyl halides is 6. The average Bonchev–Trinajstić information content (AvgIpc) is 3.10. The van der Waals surface area contributed by atoms with E-state index in [-0.39, 0.29) is 28.1 Å². The molecular weight excluding hydrogens is 590 g/mol. The van der Waals surface area contributed by atoms with Gasteiger partial charge >= 0.3 is 12.4 Å². The fourth-order valence-corrected chi connectivity index (χ4v) is 5.32. The number of nitriles is 1. The number of nitrogens with two attached hydrogens (primary N) is 1. The van der Waals surface area contributed by atoms with Crippen molar-refractivity contribution >= 4 is 29.0 Å². The first kappa shape index (κ1) is 32.1. The number of carbonyl (C=O) groups is 3. The van der Waals surface area contributed by atoms with E-state index in [1.165, 1.54) is 53.4 Å². The number of carbonyl (C=O) groups excluding carboxylic acids is 3. The maximum absolute atomic E-state index is 13.7. The molecule has 4 rings (SSSR count). The van der Waals surface area contributed by atoms with E-state index in [0.717, 1.165) is 18.2 Å². The van der Waals surface area contributed by atoms with E-state index in [4.69, 9.17) is 5.73 Å². The summed E-state index contributed by atoms with van der Waals surface area (Å²) < 4.78 is 80.6. The third kappa shape index (κ3) is 7.37. The number of amides is 2. The van der Waals surface area contributed by atoms with Crippen molar-refractivity contribution in [2.24, 2.45) is 11.7 Å². The minimum atomic E-state index is -4.70. The summed E-state index contributed by atoms with van der Waals surface area (Å²) in [5, 5.41) is 12.1. The predicted octanol–water partition coefficient (Wildman–Crippen LogP) is 5.55. The molecule has 2 amide bonds. The fraction of sp³-hybridized carbons (Fsp3) is 0.290. The number of halogens is 6. The van der Waals surface area contributed by atoms with Gasteiger partial charge in [-0.3, -0.25) is 14.4 Å². The summed E-state index contributed by atoms with van der Waals surface area (Å²) in [7, 11) is 0. The molecule has 230 valence electrons. The van der Waals surface area contributed by atoms with Gasteiger partial charge < -0.3 is 16.0 Å². The van der Waals surface area contributed by atoms with Crippen molar-refractivity contribution < 1.29 is 40.7 Å². The van der Waals surface area contributed by atoms with Gasteiger partial charge in [-0.1, -0.05) is 42.5 Å². The highest BCUT2D eigenvalue weighted by atomic mass is 19.4. The zero-order valence-electron chi connectivity index (χ0n) is 23.0. The first-order valence-corrected chi connectivity index (χ1v) is 13.4. The largest absolute Gasteiger partial charge is 0.416 e. The average molecular weight is 617 g/mol. The van der Waals surface area contributed by atoms with E-state index in [0.29, 0.717) is 0 Å². The first-order valence-electron chi connectivity index (χ1n) is 13.4. The van der Waals surface area contributed by atoms with Gasteiger partial charge in [0.1, 0.15) is 6.04 Å². The Morgan fingerprint density at radius 3 is 2.30 bits per heavy atom. The summed E-state index contributed by atoms with van der Waals surface area (Å²) in [6.07, 6.45) is -12.0. The van der Waals surface area contributed by atoms with Gasteiger partial charge in [-0.25, -0.2) is 0 Å². The molecule has 3 atom stereocenters. The summed E-state index contributed by atoms with van der Waals surface area (Å²) in [5.74, 6) is -5.85. The van der Waals surface area contributed by atoms with Crippen molar-refractivity contribution in [2.75, 3.05) is 11.4 Å². The van der Waals surface area contributed by atoms with Crippen LogP contribution in [0, 0.1) is 17.2 Å². The van der Waals surface area contributed by atoms with Gasteiger partial charge in [-0.15, -0.1) is 0 Å². The molecule has 3 aromatic rings. The van der Waals surface area contributed by atoms with Crippen molar-refractivity contribution in [3.63, 3.8) is 0 Å². The number of primary amides is 1. The Hall–Kier alpha value is -4.86. The molecule has 3 N–H and O–H groups in total. The molecule has 0 fully saturated rings. The lowest BCUT2D eigenvalue weighted by Crippen LogP contribution is -2.50. The molecule has 0 unspecified atom stereocenters. The Labute approximate surface area is 248 Å². The summed E-state index contributed by atoms with van der Waals surface area (Å²) >= 11 is 0. The lowest BCUT2D eigenvalue weighted by molar-refractivity contribution is -0.144. The third-order valence-corrected chi connectivity index (χ3v) is 7.41. The predicted molar refractivity (Wildman–Crippen MR) is 147 cm³/mol. The van der Waals surface area contributed by atoms with Gasteiger partial charge in [0.25, 0.3) is 0 Å². The Kier molecular flexibility index (Phi) is 9.32. The van der Waals surface area contributed by atoms with E-state index < -0.39 is 79.2 Å². The van der Waals surface area contributed by atoms with E-state index in [1.54, 1.807) is 6.07 Å². The van der Waals surface area contributed by atoms with Gasteiger partial charge in [-0.2, -0.15) is 31.6 Å². The lowest BCUT2D eigenvalue weighted by atomic mass is 9.81. The number of rotatable bonds is 8. The summed E-state index contributed by atoms with van der Waals surface area (Å²) in [6.45, 7) is -0.410. The van der Waals surface area contributed by atoms with Crippen molar-refractivity contribution in [3.05, 3.63) is 95.1 Å². The molecule has 1 aliphatic heterocycles. The molecule has 44 heavy (non-hydrogen) atoms. The molecule has 1 heterocycles. The van der Waals surface area contributed by atoms with Crippen LogP contribution in [0.5, 0.6) is 0 Å². The summed E-state index contributed by atoms with van der Waals surface area (Å²) in [4.78, 5) is 41.0. The number of Topliss-reactive ketones (excluding diaryl/α,β-unsaturated/α-hetero) is 1. The van der Waals surface area contributed by atoms with Gasteiger partial charge in [0.05, 0.1) is 35.6 Å². The van der Waals surface area contributed by atoms with Crippen LogP contribution in [0.25, 0.3) is 0 Å². The van der Waals surface area contributed by atoms with Crippen LogP contribution < -0.4 is 16.0 Å². The van der Waals surface area contributed by atoms with E-state index in [9.17, 15) is 46.0 Å². The van der Waals surface area contributed by atoms with Crippen molar-refractivity contribution in [3.8, 4) is 6.07 Å². The smallest absolute Gasteiger partial charge is 0.369 e. The maximum Gasteiger partial charge on any atom is 0.416 e. The fourth-order valence-electron chi connectivity index (χ4n) is 5.32. The molecule has 0 spiro atoms. The Bertz CT molecular complexity index is 1580. The van der Waals surface area contributed by atoms with Crippen LogP contribution >= 0.6 is 0 Å². The monoisotopic (exact) mass is 616 g/mol. The van der Waals surface area contributed by atoms with Gasteiger partial charge in [0.2, 0.25) is 11.8 Å². The Balaban J connectivity index is 1.75. The quantitative estimate of drug-likeness (QED) is 0.322. The van der Waals surface area contributed by atoms with Crippen LogP contribution in [-0.4, -0.2) is 36.4 Å². The number of hydrogen-bond donors (Lipinski definition) is 2. The second-order valence-corrected chi connectivity index (χ2v) is 10.3. The molecule has 13 heteroatoms. The highest BCUT2D eigenvalue weighted by molar-refractivity contribution is 5.96. The molecule has 0 saturated heterocycles. The number of hydrogen-bond acceptors (Lipinski definition) is 5. The number of benzene rings is 3. The van der Waals surface area contributed by atoms with Crippen molar-refractivity contribution in [2.45, 2.75) is 43.6 Å². The molecule has 0 aromatic heterocycles. The highest BCUT2D eigenvalue weighted by Crippen LogP contribution is 2.38. The van der Waals surface area contributed by atoms with Crippen LogP contribution in [0.1, 0.15) is 41.0 Å². The van der Waals surface area contributed by atoms with Gasteiger partial charge in [-0.05, 0) is 42.3 Å². The SMILES string of the molecule is N#Cc1cccc2c1CC(=O)[C@@H](NC(=O)[C@H](CCC(F)(F)F)[C@@H](C(N)=O)c1ccccc1)CN2c1cccc(C(F)(F)F)c1. The van der Waals surface area contributed by atoms with E-state index in [2.05, 4.69) is 5.32 Å². The Morgan fingerprint density at radius 2 is 1.68 bits per heavy atom. The third-order valence-electron chi connectivity index (χ3n) is 7.41.